The van der Waals surface area contributed by atoms with E-state index in [2.05, 4.69) is 15.9 Å². The molecule has 0 aromatic heterocycles. The zero-order valence-electron chi connectivity index (χ0n) is 7.63. The van der Waals surface area contributed by atoms with Gasteiger partial charge in [0.1, 0.15) is 5.75 Å². The zero-order valence-corrected chi connectivity index (χ0v) is 9.22. The van der Waals surface area contributed by atoms with Crippen LogP contribution in [0, 0.1) is 6.92 Å². The highest BCUT2D eigenvalue weighted by Crippen LogP contribution is 2.25. The third-order valence-electron chi connectivity index (χ3n) is 1.73. The molecule has 0 aliphatic rings. The van der Waals surface area contributed by atoms with Gasteiger partial charge in [0.25, 0.3) is 0 Å². The highest BCUT2D eigenvalue weighted by atomic mass is 79.9. The normalized spacial score (nSPS) is 9.77. The summed E-state index contributed by atoms with van der Waals surface area (Å²) in [4.78, 5) is 11.0. The molecule has 13 heavy (non-hydrogen) atoms. The summed E-state index contributed by atoms with van der Waals surface area (Å²) in [5.74, 6) is 0.419. The molecule has 0 aliphatic carbocycles. The zero-order chi connectivity index (χ0) is 9.84. The molecular formula is C10H11BrO2. The second kappa shape index (κ2) is 4.42. The molecule has 0 spiro atoms. The van der Waals surface area contributed by atoms with Crippen molar-refractivity contribution < 1.29 is 9.53 Å². The predicted octanol–water partition coefficient (Wildman–Crippen LogP) is 3.07. The molecule has 0 radical (unpaired) electrons. The summed E-state index contributed by atoms with van der Waals surface area (Å²) in [5.41, 5.74) is 0.948. The Bertz CT molecular complexity index is 321. The Labute approximate surface area is 86.0 Å². The van der Waals surface area contributed by atoms with E-state index in [-0.39, 0.29) is 5.97 Å². The first kappa shape index (κ1) is 10.3. The third-order valence-corrected chi connectivity index (χ3v) is 2.59. The molecule has 2 nitrogen and oxygen atoms in total. The van der Waals surface area contributed by atoms with E-state index >= 15 is 0 Å². The topological polar surface area (TPSA) is 26.3 Å². The fourth-order valence-electron chi connectivity index (χ4n) is 0.893. The lowest BCUT2D eigenvalue weighted by molar-refractivity contribution is -0.134. The first-order valence-corrected chi connectivity index (χ1v) is 4.90. The SMILES string of the molecule is CCC(=O)Oc1cccc(Br)c1C. The van der Waals surface area contributed by atoms with Crippen LogP contribution < -0.4 is 4.74 Å². The van der Waals surface area contributed by atoms with Crippen molar-refractivity contribution in [3.63, 3.8) is 0 Å². The van der Waals surface area contributed by atoms with Gasteiger partial charge in [-0.15, -0.1) is 0 Å². The minimum Gasteiger partial charge on any atom is -0.426 e. The van der Waals surface area contributed by atoms with Crippen LogP contribution in [0.4, 0.5) is 0 Å². The average Bonchev–Trinajstić information content (AvgIpc) is 2.13. The lowest BCUT2D eigenvalue weighted by atomic mass is 10.2. The van der Waals surface area contributed by atoms with Gasteiger partial charge in [-0.1, -0.05) is 28.9 Å². The Kier molecular flexibility index (Phi) is 3.48. The average molecular weight is 243 g/mol. The van der Waals surface area contributed by atoms with E-state index in [9.17, 15) is 4.79 Å². The molecule has 1 rings (SSSR count). The number of hydrogen-bond acceptors (Lipinski definition) is 2. The first-order chi connectivity index (χ1) is 6.15. The molecule has 3 heteroatoms. The summed E-state index contributed by atoms with van der Waals surface area (Å²) < 4.78 is 6.06. The molecular weight excluding hydrogens is 232 g/mol. The Morgan fingerprint density at radius 1 is 1.54 bits per heavy atom. The Morgan fingerprint density at radius 3 is 2.85 bits per heavy atom. The van der Waals surface area contributed by atoms with Crippen molar-refractivity contribution in [3.05, 3.63) is 28.2 Å². The minimum atomic E-state index is -0.207. The summed E-state index contributed by atoms with van der Waals surface area (Å²) in [6, 6.07) is 5.54. The molecule has 0 N–H and O–H groups in total. The molecule has 0 saturated heterocycles. The minimum absolute atomic E-state index is 0.207. The van der Waals surface area contributed by atoms with Crippen LogP contribution in [0.1, 0.15) is 18.9 Å². The van der Waals surface area contributed by atoms with Gasteiger partial charge < -0.3 is 4.74 Å². The van der Waals surface area contributed by atoms with Crippen LogP contribution in [-0.4, -0.2) is 5.97 Å². The molecule has 0 unspecified atom stereocenters. The molecule has 0 saturated carbocycles. The van der Waals surface area contributed by atoms with Gasteiger partial charge in [-0.3, -0.25) is 4.79 Å². The molecule has 0 atom stereocenters. The lowest BCUT2D eigenvalue weighted by Gasteiger charge is -2.06. The molecule has 0 bridgehead atoms. The van der Waals surface area contributed by atoms with E-state index in [1.807, 2.05) is 19.1 Å². The van der Waals surface area contributed by atoms with Crippen molar-refractivity contribution in [1.29, 1.82) is 0 Å². The molecule has 0 heterocycles. The van der Waals surface area contributed by atoms with Crippen LogP contribution in [0.25, 0.3) is 0 Å². The van der Waals surface area contributed by atoms with Crippen LogP contribution in [-0.2, 0) is 4.79 Å². The fraction of sp³-hybridized carbons (Fsp3) is 0.300. The summed E-state index contributed by atoms with van der Waals surface area (Å²) in [5, 5.41) is 0. The van der Waals surface area contributed by atoms with Gasteiger partial charge in [-0.2, -0.15) is 0 Å². The maximum Gasteiger partial charge on any atom is 0.310 e. The largest absolute Gasteiger partial charge is 0.426 e. The number of rotatable bonds is 2. The number of ether oxygens (including phenoxy) is 1. The van der Waals surface area contributed by atoms with Crippen LogP contribution in [0.5, 0.6) is 5.75 Å². The second-order valence-electron chi connectivity index (χ2n) is 2.69. The van der Waals surface area contributed by atoms with Crippen LogP contribution in [0.15, 0.2) is 22.7 Å². The molecule has 1 aromatic rings. The van der Waals surface area contributed by atoms with Crippen LogP contribution in [0.2, 0.25) is 0 Å². The molecule has 0 amide bonds. The van der Waals surface area contributed by atoms with Gasteiger partial charge in [0, 0.05) is 16.5 Å². The fourth-order valence-corrected chi connectivity index (χ4v) is 1.24. The number of carbonyl (C=O) groups is 1. The summed E-state index contributed by atoms with van der Waals surface area (Å²) in [6.07, 6.45) is 0.395. The Morgan fingerprint density at radius 2 is 2.23 bits per heavy atom. The number of esters is 1. The maximum atomic E-state index is 11.0. The van der Waals surface area contributed by atoms with Crippen molar-refractivity contribution in [1.82, 2.24) is 0 Å². The second-order valence-corrected chi connectivity index (χ2v) is 3.54. The lowest BCUT2D eigenvalue weighted by Crippen LogP contribution is -2.06. The van der Waals surface area contributed by atoms with Gasteiger partial charge in [0.2, 0.25) is 0 Å². The van der Waals surface area contributed by atoms with Crippen molar-refractivity contribution in [2.75, 3.05) is 0 Å². The van der Waals surface area contributed by atoms with Crippen molar-refractivity contribution in [3.8, 4) is 5.75 Å². The summed E-state index contributed by atoms with van der Waals surface area (Å²) in [6.45, 7) is 3.68. The molecule has 1 aromatic carbocycles. The molecule has 0 aliphatic heterocycles. The summed E-state index contributed by atoms with van der Waals surface area (Å²) in [7, 11) is 0. The number of halogens is 1. The molecule has 0 fully saturated rings. The van der Waals surface area contributed by atoms with E-state index in [0.29, 0.717) is 12.2 Å². The maximum absolute atomic E-state index is 11.0. The van der Waals surface area contributed by atoms with Crippen LogP contribution in [0.3, 0.4) is 0 Å². The van der Waals surface area contributed by atoms with Gasteiger partial charge in [0.15, 0.2) is 0 Å². The monoisotopic (exact) mass is 242 g/mol. The van der Waals surface area contributed by atoms with E-state index in [1.165, 1.54) is 0 Å². The van der Waals surface area contributed by atoms with Crippen LogP contribution >= 0.6 is 15.9 Å². The van der Waals surface area contributed by atoms with E-state index in [4.69, 9.17) is 4.74 Å². The molecule has 70 valence electrons. The predicted molar refractivity (Wildman–Crippen MR) is 54.8 cm³/mol. The highest BCUT2D eigenvalue weighted by molar-refractivity contribution is 9.10. The van der Waals surface area contributed by atoms with Gasteiger partial charge in [0.05, 0.1) is 0 Å². The third kappa shape index (κ3) is 2.56. The van der Waals surface area contributed by atoms with E-state index in [1.54, 1.807) is 13.0 Å². The first-order valence-electron chi connectivity index (χ1n) is 4.11. The van der Waals surface area contributed by atoms with Gasteiger partial charge in [-0.05, 0) is 19.1 Å². The Hall–Kier alpha value is -0.830. The van der Waals surface area contributed by atoms with Gasteiger partial charge >= 0.3 is 5.97 Å². The highest BCUT2D eigenvalue weighted by Gasteiger charge is 2.06. The number of benzene rings is 1. The summed E-state index contributed by atoms with van der Waals surface area (Å²) >= 11 is 3.37. The van der Waals surface area contributed by atoms with Crippen molar-refractivity contribution in [2.24, 2.45) is 0 Å². The number of hydrogen-bond donors (Lipinski definition) is 0. The standard InChI is InChI=1S/C10H11BrO2/c1-3-10(12)13-9-6-4-5-8(11)7(9)2/h4-6H,3H2,1-2H3. The number of carbonyl (C=O) groups excluding carboxylic acids is 1. The van der Waals surface area contributed by atoms with Crippen molar-refractivity contribution in [2.45, 2.75) is 20.3 Å². The van der Waals surface area contributed by atoms with E-state index < -0.39 is 0 Å². The smallest absolute Gasteiger partial charge is 0.310 e. The quantitative estimate of drug-likeness (QED) is 0.589. The van der Waals surface area contributed by atoms with Crippen molar-refractivity contribution >= 4 is 21.9 Å². The Balaban J connectivity index is 2.89. The van der Waals surface area contributed by atoms with E-state index in [0.717, 1.165) is 10.0 Å². The van der Waals surface area contributed by atoms with Gasteiger partial charge in [-0.25, -0.2) is 0 Å².